The van der Waals surface area contributed by atoms with Gasteiger partial charge in [0.05, 0.1) is 22.4 Å². The van der Waals surface area contributed by atoms with Crippen LogP contribution in [-0.2, 0) is 30.5 Å². The SMILES string of the molecule is C[C@@H]1CCc2c(sc(NC(=O)CSc3nc4sc5c(c4c(=O)n3-c3ccccc3)CCCC5)c2C#N)C1. The molecule has 6 nitrogen and oxygen atoms in total. The summed E-state index contributed by atoms with van der Waals surface area (Å²) in [5.74, 6) is 0.489. The van der Waals surface area contributed by atoms with Crippen molar-refractivity contribution in [2.45, 2.75) is 57.0 Å². The van der Waals surface area contributed by atoms with Gasteiger partial charge in [0.15, 0.2) is 5.16 Å². The van der Waals surface area contributed by atoms with Gasteiger partial charge >= 0.3 is 0 Å². The van der Waals surface area contributed by atoms with E-state index in [0.29, 0.717) is 21.6 Å². The lowest BCUT2D eigenvalue weighted by atomic mass is 9.89. The van der Waals surface area contributed by atoms with Crippen LogP contribution in [0.1, 0.15) is 52.6 Å². The van der Waals surface area contributed by atoms with Crippen molar-refractivity contribution >= 4 is 55.6 Å². The summed E-state index contributed by atoms with van der Waals surface area (Å²) in [6.07, 6.45) is 7.06. The quantitative estimate of drug-likeness (QED) is 0.241. The van der Waals surface area contributed by atoms with E-state index in [4.69, 9.17) is 4.98 Å². The van der Waals surface area contributed by atoms with Crippen LogP contribution in [0.15, 0.2) is 40.3 Å². The molecule has 6 rings (SSSR count). The second kappa shape index (κ2) is 10.1. The maximum Gasteiger partial charge on any atom is 0.267 e. The molecule has 2 aliphatic rings. The smallest absolute Gasteiger partial charge is 0.267 e. The third-order valence-electron chi connectivity index (χ3n) is 7.18. The lowest BCUT2D eigenvalue weighted by Crippen LogP contribution is -2.23. The predicted octanol–water partition coefficient (Wildman–Crippen LogP) is 6.11. The topological polar surface area (TPSA) is 87.8 Å². The van der Waals surface area contributed by atoms with Crippen molar-refractivity contribution < 1.29 is 4.79 Å². The first-order chi connectivity index (χ1) is 18.0. The van der Waals surface area contributed by atoms with Gasteiger partial charge in [-0.05, 0) is 74.1 Å². The Hall–Kier alpha value is -2.93. The number of hydrogen-bond acceptors (Lipinski definition) is 7. The molecule has 0 radical (unpaired) electrons. The van der Waals surface area contributed by atoms with Gasteiger partial charge in [-0.25, -0.2) is 4.98 Å². The number of thioether (sulfide) groups is 1. The van der Waals surface area contributed by atoms with Crippen molar-refractivity contribution in [1.82, 2.24) is 9.55 Å². The molecule has 1 N–H and O–H groups in total. The largest absolute Gasteiger partial charge is 0.316 e. The van der Waals surface area contributed by atoms with Gasteiger partial charge in [-0.3, -0.25) is 14.2 Å². The Morgan fingerprint density at radius 1 is 1.16 bits per heavy atom. The highest BCUT2D eigenvalue weighted by molar-refractivity contribution is 7.99. The molecule has 1 atom stereocenters. The second-order valence-corrected chi connectivity index (χ2v) is 12.9. The van der Waals surface area contributed by atoms with Gasteiger partial charge in [-0.15, -0.1) is 22.7 Å². The van der Waals surface area contributed by atoms with E-state index in [0.717, 1.165) is 72.0 Å². The van der Waals surface area contributed by atoms with Crippen LogP contribution >= 0.6 is 34.4 Å². The minimum absolute atomic E-state index is 0.0645. The number of anilines is 1. The number of thiophene rings is 2. The molecule has 0 bridgehead atoms. The summed E-state index contributed by atoms with van der Waals surface area (Å²) in [6.45, 7) is 2.23. The van der Waals surface area contributed by atoms with Gasteiger partial charge < -0.3 is 5.32 Å². The van der Waals surface area contributed by atoms with Crippen LogP contribution < -0.4 is 10.9 Å². The molecule has 37 heavy (non-hydrogen) atoms. The van der Waals surface area contributed by atoms with Crippen molar-refractivity contribution in [3.05, 3.63) is 67.1 Å². The number of amides is 1. The monoisotopic (exact) mass is 546 g/mol. The van der Waals surface area contributed by atoms with Crippen LogP contribution in [0.25, 0.3) is 15.9 Å². The van der Waals surface area contributed by atoms with Crippen LogP contribution in [-0.4, -0.2) is 21.2 Å². The van der Waals surface area contributed by atoms with Crippen LogP contribution in [0.4, 0.5) is 5.00 Å². The summed E-state index contributed by atoms with van der Waals surface area (Å²) < 4.78 is 1.65. The van der Waals surface area contributed by atoms with E-state index in [2.05, 4.69) is 18.3 Å². The number of nitriles is 1. The number of benzene rings is 1. The normalized spacial score (nSPS) is 16.7. The van der Waals surface area contributed by atoms with Crippen LogP contribution in [0.2, 0.25) is 0 Å². The summed E-state index contributed by atoms with van der Waals surface area (Å²) >= 11 is 4.40. The molecular formula is C28H26N4O2S3. The Labute approximate surface area is 227 Å². The Bertz CT molecular complexity index is 1610. The van der Waals surface area contributed by atoms with Gasteiger partial charge in [0, 0.05) is 9.75 Å². The minimum Gasteiger partial charge on any atom is -0.316 e. The van der Waals surface area contributed by atoms with E-state index in [1.165, 1.54) is 32.9 Å². The molecule has 3 heterocycles. The lowest BCUT2D eigenvalue weighted by molar-refractivity contribution is -0.113. The summed E-state index contributed by atoms with van der Waals surface area (Å²) in [5, 5.41) is 14.6. The Morgan fingerprint density at radius 2 is 1.97 bits per heavy atom. The van der Waals surface area contributed by atoms with Crippen molar-refractivity contribution in [2.24, 2.45) is 5.92 Å². The highest BCUT2D eigenvalue weighted by atomic mass is 32.2. The zero-order valence-corrected chi connectivity index (χ0v) is 23.0. The van der Waals surface area contributed by atoms with Crippen LogP contribution in [0.3, 0.4) is 0 Å². The molecule has 0 spiro atoms. The Kier molecular flexibility index (Phi) is 6.65. The van der Waals surface area contributed by atoms with Gasteiger partial charge in [0.2, 0.25) is 5.91 Å². The highest BCUT2D eigenvalue weighted by Crippen LogP contribution is 2.39. The zero-order valence-electron chi connectivity index (χ0n) is 20.5. The third-order valence-corrected chi connectivity index (χ3v) is 10.5. The van der Waals surface area contributed by atoms with E-state index in [9.17, 15) is 14.9 Å². The highest BCUT2D eigenvalue weighted by Gasteiger charge is 2.26. The van der Waals surface area contributed by atoms with Crippen LogP contribution in [0.5, 0.6) is 0 Å². The van der Waals surface area contributed by atoms with Crippen molar-refractivity contribution in [3.63, 3.8) is 0 Å². The van der Waals surface area contributed by atoms with E-state index < -0.39 is 0 Å². The molecular weight excluding hydrogens is 521 g/mol. The Balaban J connectivity index is 1.31. The number of aromatic nitrogens is 2. The fourth-order valence-electron chi connectivity index (χ4n) is 5.34. The van der Waals surface area contributed by atoms with Crippen molar-refractivity contribution in [1.29, 1.82) is 5.26 Å². The summed E-state index contributed by atoms with van der Waals surface area (Å²) in [7, 11) is 0. The van der Waals surface area contributed by atoms with Crippen LogP contribution in [0, 0.1) is 17.2 Å². The maximum atomic E-state index is 13.8. The first-order valence-electron chi connectivity index (χ1n) is 12.6. The second-order valence-electron chi connectivity index (χ2n) is 9.77. The van der Waals surface area contributed by atoms with E-state index in [1.807, 2.05) is 30.3 Å². The summed E-state index contributed by atoms with van der Waals surface area (Å²) in [6, 6.07) is 11.8. The summed E-state index contributed by atoms with van der Waals surface area (Å²) in [4.78, 5) is 35.0. The maximum absolute atomic E-state index is 13.8. The summed E-state index contributed by atoms with van der Waals surface area (Å²) in [5.41, 5.74) is 3.54. The minimum atomic E-state index is -0.201. The molecule has 3 aromatic heterocycles. The zero-order chi connectivity index (χ0) is 25.5. The number of nitrogens with zero attached hydrogens (tertiary/aromatic N) is 3. The average molecular weight is 547 g/mol. The number of carbonyl (C=O) groups is 1. The van der Waals surface area contributed by atoms with E-state index in [1.54, 1.807) is 15.9 Å². The average Bonchev–Trinajstić information content (AvgIpc) is 3.44. The first-order valence-corrected chi connectivity index (χ1v) is 15.3. The fraction of sp³-hybridized carbons (Fsp3) is 0.357. The molecule has 0 saturated heterocycles. The molecule has 0 fully saturated rings. The number of carbonyl (C=O) groups excluding carboxylic acids is 1. The number of hydrogen-bond donors (Lipinski definition) is 1. The number of aryl methyl sites for hydroxylation is 2. The number of rotatable bonds is 5. The molecule has 1 aromatic carbocycles. The molecule has 4 aromatic rings. The first kappa shape index (κ1) is 24.4. The molecule has 0 saturated carbocycles. The number of fused-ring (bicyclic) bond motifs is 4. The Morgan fingerprint density at radius 3 is 2.78 bits per heavy atom. The predicted molar refractivity (Wildman–Crippen MR) is 151 cm³/mol. The fourth-order valence-corrected chi connectivity index (χ4v) is 8.83. The number of para-hydroxylation sites is 1. The third kappa shape index (κ3) is 4.52. The van der Waals surface area contributed by atoms with E-state index in [-0.39, 0.29) is 17.2 Å². The van der Waals surface area contributed by atoms with Crippen molar-refractivity contribution in [2.75, 3.05) is 11.1 Å². The standard InChI is InChI=1S/C28H26N4O2S3/c1-16-11-12-18-20(14-29)25(37-22(18)13-16)30-23(33)15-35-28-31-26-24(19-9-5-6-10-21(19)36-26)27(34)32(28)17-7-3-2-4-8-17/h2-4,7-8,16H,5-6,9-13,15H2,1H3,(H,30,33)/t16-/m1/s1. The van der Waals surface area contributed by atoms with Crippen molar-refractivity contribution in [3.8, 4) is 11.8 Å². The van der Waals surface area contributed by atoms with Gasteiger partial charge in [0.25, 0.3) is 5.56 Å². The molecule has 0 aliphatic heterocycles. The lowest BCUT2D eigenvalue weighted by Gasteiger charge is -2.17. The van der Waals surface area contributed by atoms with Gasteiger partial charge in [-0.2, -0.15) is 5.26 Å². The molecule has 188 valence electrons. The number of nitrogens with one attached hydrogen (secondary N) is 1. The molecule has 1 amide bonds. The van der Waals surface area contributed by atoms with Gasteiger partial charge in [0.1, 0.15) is 15.9 Å². The molecule has 2 aliphatic carbocycles. The van der Waals surface area contributed by atoms with E-state index >= 15 is 0 Å². The van der Waals surface area contributed by atoms with Gasteiger partial charge in [-0.1, -0.05) is 36.9 Å². The molecule has 0 unspecified atom stereocenters. The molecule has 9 heteroatoms.